The highest BCUT2D eigenvalue weighted by Crippen LogP contribution is 2.14. The third-order valence-corrected chi connectivity index (χ3v) is 0.880. The van der Waals surface area contributed by atoms with Gasteiger partial charge in [0, 0.05) is 5.41 Å². The van der Waals surface area contributed by atoms with Crippen LogP contribution in [0.1, 0.15) is 20.8 Å². The highest BCUT2D eigenvalue weighted by molar-refractivity contribution is 7.78. The third-order valence-electron chi connectivity index (χ3n) is 0.789. The minimum atomic E-state index is -0.425. The van der Waals surface area contributed by atoms with Crippen LogP contribution in [0.3, 0.4) is 0 Å². The first-order valence-electron chi connectivity index (χ1n) is 2.61. The van der Waals surface area contributed by atoms with Crippen LogP contribution in [-0.4, -0.2) is 11.1 Å². The van der Waals surface area contributed by atoms with Gasteiger partial charge in [0.1, 0.15) is 0 Å². The van der Waals surface area contributed by atoms with Crippen molar-refractivity contribution < 1.29 is 4.79 Å². The largest absolute Gasteiger partial charge is 0.271 e. The number of thiocarbonyl (C=S) groups is 1. The van der Waals surface area contributed by atoms with Gasteiger partial charge in [0.05, 0.1) is 5.16 Å². The van der Waals surface area contributed by atoms with Gasteiger partial charge in [-0.3, -0.25) is 4.79 Å². The van der Waals surface area contributed by atoms with E-state index in [0.717, 1.165) is 0 Å². The summed E-state index contributed by atoms with van der Waals surface area (Å²) in [5.41, 5.74) is -0.425. The molecule has 1 amide bonds. The number of carbonyl (C=O) groups is 1. The van der Waals surface area contributed by atoms with Gasteiger partial charge >= 0.3 is 0 Å². The summed E-state index contributed by atoms with van der Waals surface area (Å²) in [6.45, 7) is 5.35. The van der Waals surface area contributed by atoms with Crippen LogP contribution in [0.25, 0.3) is 0 Å². The van der Waals surface area contributed by atoms with E-state index in [1.165, 1.54) is 0 Å². The van der Waals surface area contributed by atoms with Crippen LogP contribution in [0.4, 0.5) is 0 Å². The Hall–Kier alpha value is -0.530. The van der Waals surface area contributed by atoms with Gasteiger partial charge in [-0.25, -0.2) is 0 Å². The Morgan fingerprint density at radius 2 is 2.00 bits per heavy atom. The normalized spacial score (nSPS) is 10.1. The van der Waals surface area contributed by atoms with Gasteiger partial charge in [-0.1, -0.05) is 20.8 Å². The average molecular weight is 143 g/mol. The number of hydrogen-bond donors (Lipinski definition) is 0. The minimum Gasteiger partial charge on any atom is -0.271 e. The number of aliphatic imine (C=N–C) groups is 1. The molecular weight excluding hydrogens is 134 g/mol. The molecule has 0 unspecified atom stereocenters. The Balaban J connectivity index is 4.22. The van der Waals surface area contributed by atoms with Crippen LogP contribution in [0.5, 0.6) is 0 Å². The number of rotatable bonds is 0. The van der Waals surface area contributed by atoms with Crippen LogP contribution in [0.15, 0.2) is 4.99 Å². The zero-order chi connectivity index (χ0) is 7.49. The summed E-state index contributed by atoms with van der Waals surface area (Å²) in [6, 6.07) is 0. The molecule has 0 N–H and O–H groups in total. The molecule has 50 valence electrons. The highest BCUT2D eigenvalue weighted by atomic mass is 32.1. The predicted octanol–water partition coefficient (Wildman–Crippen LogP) is 1.66. The lowest BCUT2D eigenvalue weighted by molar-refractivity contribution is -0.124. The van der Waals surface area contributed by atoms with Crippen LogP contribution in [0.2, 0.25) is 0 Å². The van der Waals surface area contributed by atoms with Crippen LogP contribution in [0, 0.1) is 5.41 Å². The second-order valence-corrected chi connectivity index (χ2v) is 2.94. The minimum absolute atomic E-state index is 0.225. The van der Waals surface area contributed by atoms with Crippen molar-refractivity contribution >= 4 is 23.3 Å². The van der Waals surface area contributed by atoms with Gasteiger partial charge in [-0.2, -0.15) is 4.99 Å². The van der Waals surface area contributed by atoms with Gasteiger partial charge in [0.15, 0.2) is 0 Å². The second-order valence-electron chi connectivity index (χ2n) is 2.76. The number of amides is 1. The van der Waals surface area contributed by atoms with Gasteiger partial charge in [-0.05, 0) is 12.2 Å². The molecule has 3 heteroatoms. The Morgan fingerprint density at radius 1 is 1.56 bits per heavy atom. The van der Waals surface area contributed by atoms with Crippen LogP contribution in [-0.2, 0) is 4.79 Å². The number of nitrogens with zero attached hydrogens (tertiary/aromatic N) is 1. The number of hydrogen-bond acceptors (Lipinski definition) is 2. The summed E-state index contributed by atoms with van der Waals surface area (Å²) in [5.74, 6) is -0.225. The summed E-state index contributed by atoms with van der Waals surface area (Å²) in [7, 11) is 0. The molecule has 0 aliphatic heterocycles. The molecule has 0 fully saturated rings. The molecule has 0 saturated carbocycles. The van der Waals surface area contributed by atoms with Gasteiger partial charge in [0.25, 0.3) is 5.91 Å². The summed E-state index contributed by atoms with van der Waals surface area (Å²) in [4.78, 5) is 14.1. The van der Waals surface area contributed by atoms with E-state index in [1.54, 1.807) is 20.8 Å². The van der Waals surface area contributed by atoms with E-state index in [1.807, 2.05) is 5.16 Å². The SMILES string of the molecule is CC(C)(C)C(=O)N=C=S. The van der Waals surface area contributed by atoms with Gasteiger partial charge in [-0.15, -0.1) is 0 Å². The lowest BCUT2D eigenvalue weighted by Gasteiger charge is -2.09. The maximum Gasteiger partial charge on any atom is 0.259 e. The number of carbonyl (C=O) groups excluding carboxylic acids is 1. The molecule has 0 radical (unpaired) electrons. The molecule has 0 aliphatic rings. The third kappa shape index (κ3) is 3.12. The summed E-state index contributed by atoms with van der Waals surface area (Å²) in [5, 5.41) is 2.03. The van der Waals surface area contributed by atoms with Crippen molar-refractivity contribution in [2.45, 2.75) is 20.8 Å². The zero-order valence-corrected chi connectivity index (χ0v) is 6.58. The first kappa shape index (κ1) is 8.47. The molecule has 0 spiro atoms. The van der Waals surface area contributed by atoms with Crippen molar-refractivity contribution in [3.05, 3.63) is 0 Å². The second kappa shape index (κ2) is 2.85. The standard InChI is InChI=1S/C6H9NOS/c1-6(2,3)5(8)7-4-9/h1-3H3. The zero-order valence-electron chi connectivity index (χ0n) is 5.76. The van der Waals surface area contributed by atoms with Crippen molar-refractivity contribution in [2.24, 2.45) is 10.4 Å². The summed E-state index contributed by atoms with van der Waals surface area (Å²) >= 11 is 4.26. The van der Waals surface area contributed by atoms with Gasteiger partial charge < -0.3 is 0 Å². The van der Waals surface area contributed by atoms with E-state index in [9.17, 15) is 4.79 Å². The monoisotopic (exact) mass is 143 g/mol. The van der Waals surface area contributed by atoms with Gasteiger partial charge in [0.2, 0.25) is 0 Å². The first-order chi connectivity index (χ1) is 3.98. The van der Waals surface area contributed by atoms with E-state index in [2.05, 4.69) is 17.2 Å². The number of isothiocyanates is 1. The molecule has 0 aliphatic carbocycles. The molecule has 0 aromatic carbocycles. The highest BCUT2D eigenvalue weighted by Gasteiger charge is 2.19. The molecule has 0 rings (SSSR count). The van der Waals surface area contributed by atoms with E-state index < -0.39 is 5.41 Å². The van der Waals surface area contributed by atoms with Crippen LogP contribution < -0.4 is 0 Å². The maximum atomic E-state index is 10.8. The van der Waals surface area contributed by atoms with Crippen molar-refractivity contribution in [2.75, 3.05) is 0 Å². The lowest BCUT2D eigenvalue weighted by atomic mass is 9.96. The molecule has 2 nitrogen and oxygen atoms in total. The summed E-state index contributed by atoms with van der Waals surface area (Å²) < 4.78 is 0. The Labute approximate surface area is 60.0 Å². The average Bonchev–Trinajstić information content (AvgIpc) is 1.64. The fourth-order valence-corrected chi connectivity index (χ4v) is 0.292. The molecule has 0 heterocycles. The quantitative estimate of drug-likeness (QED) is 0.381. The van der Waals surface area contributed by atoms with Crippen molar-refractivity contribution in [1.82, 2.24) is 0 Å². The van der Waals surface area contributed by atoms with Crippen LogP contribution >= 0.6 is 12.2 Å². The van der Waals surface area contributed by atoms with E-state index >= 15 is 0 Å². The van der Waals surface area contributed by atoms with Crippen molar-refractivity contribution in [3.8, 4) is 0 Å². The fraction of sp³-hybridized carbons (Fsp3) is 0.667. The Morgan fingerprint density at radius 3 is 2.11 bits per heavy atom. The Bertz CT molecular complexity index is 162. The molecule has 9 heavy (non-hydrogen) atoms. The predicted molar refractivity (Wildman–Crippen MR) is 39.5 cm³/mol. The molecular formula is C6H9NOS. The first-order valence-corrected chi connectivity index (χ1v) is 3.01. The molecule has 0 aromatic rings. The van der Waals surface area contributed by atoms with Crippen molar-refractivity contribution in [1.29, 1.82) is 0 Å². The maximum absolute atomic E-state index is 10.8. The molecule has 0 saturated heterocycles. The Kier molecular flexibility index (Phi) is 2.68. The molecule has 0 atom stereocenters. The summed E-state index contributed by atoms with van der Waals surface area (Å²) in [6.07, 6.45) is 0. The lowest BCUT2D eigenvalue weighted by Crippen LogP contribution is -2.16. The van der Waals surface area contributed by atoms with E-state index in [4.69, 9.17) is 0 Å². The smallest absolute Gasteiger partial charge is 0.259 e. The van der Waals surface area contributed by atoms with Crippen molar-refractivity contribution in [3.63, 3.8) is 0 Å². The topological polar surface area (TPSA) is 29.4 Å². The van der Waals surface area contributed by atoms with E-state index in [0.29, 0.717) is 0 Å². The molecule has 0 bridgehead atoms. The fourth-order valence-electron chi connectivity index (χ4n) is 0.209. The van der Waals surface area contributed by atoms with E-state index in [-0.39, 0.29) is 5.91 Å². The molecule has 0 aromatic heterocycles.